The number of hydrogen-bond acceptors (Lipinski definition) is 4. The van der Waals surface area contributed by atoms with E-state index in [9.17, 15) is 9.59 Å². The van der Waals surface area contributed by atoms with Gasteiger partial charge in [-0.2, -0.15) is 5.10 Å². The highest BCUT2D eigenvalue weighted by molar-refractivity contribution is 5.96. The number of nitrogens with one attached hydrogen (secondary N) is 1. The Morgan fingerprint density at radius 1 is 1.00 bits per heavy atom. The number of benzene rings is 1. The van der Waals surface area contributed by atoms with E-state index in [-0.39, 0.29) is 11.8 Å². The Labute approximate surface area is 171 Å². The number of likely N-dealkylation sites (N-methyl/N-ethyl adjacent to an activating group) is 1. The maximum Gasteiger partial charge on any atom is 0.274 e. The number of H-pyrrole nitrogens is 1. The molecular weight excluding hydrogens is 366 g/mol. The standard InChI is InChI=1S/C22H29N5O2/c1-4-25-9-11-26(12-10-25)22(29)20-18-14-27(8-7-19(18)23-24-20)21(28)17-6-5-15(2)16(3)13-17/h5-6,13H,4,7-12,14H2,1-3H3,(H,23,24). The predicted octanol–water partition coefficient (Wildman–Crippen LogP) is 2.00. The molecule has 0 unspecified atom stereocenters. The van der Waals surface area contributed by atoms with Crippen LogP contribution in [0.15, 0.2) is 18.2 Å². The quantitative estimate of drug-likeness (QED) is 0.863. The SMILES string of the molecule is CCN1CCN(C(=O)c2n[nH]c3c2CN(C(=O)c2ccc(C)c(C)c2)CC3)CC1. The Bertz CT molecular complexity index is 927. The molecule has 29 heavy (non-hydrogen) atoms. The van der Waals surface area contributed by atoms with Gasteiger partial charge in [-0.15, -0.1) is 0 Å². The van der Waals surface area contributed by atoms with Crippen molar-refractivity contribution in [2.45, 2.75) is 33.7 Å². The van der Waals surface area contributed by atoms with Gasteiger partial charge in [0.25, 0.3) is 11.8 Å². The largest absolute Gasteiger partial charge is 0.335 e. The Morgan fingerprint density at radius 2 is 1.76 bits per heavy atom. The highest BCUT2D eigenvalue weighted by Gasteiger charge is 2.31. The fourth-order valence-corrected chi connectivity index (χ4v) is 4.12. The summed E-state index contributed by atoms with van der Waals surface area (Å²) in [5.41, 5.74) is 5.31. The molecule has 0 aliphatic carbocycles. The second kappa shape index (κ2) is 7.99. The van der Waals surface area contributed by atoms with Crippen molar-refractivity contribution < 1.29 is 9.59 Å². The van der Waals surface area contributed by atoms with Crippen molar-refractivity contribution in [3.8, 4) is 0 Å². The van der Waals surface area contributed by atoms with Crippen molar-refractivity contribution in [3.05, 3.63) is 51.8 Å². The zero-order chi connectivity index (χ0) is 20.5. The van der Waals surface area contributed by atoms with Crippen LogP contribution in [0.2, 0.25) is 0 Å². The summed E-state index contributed by atoms with van der Waals surface area (Å²) >= 11 is 0. The van der Waals surface area contributed by atoms with E-state index in [1.807, 2.05) is 41.8 Å². The third-order valence-corrected chi connectivity index (χ3v) is 6.28. The van der Waals surface area contributed by atoms with Crippen LogP contribution in [0.25, 0.3) is 0 Å². The van der Waals surface area contributed by atoms with Crippen LogP contribution in [0.5, 0.6) is 0 Å². The Hall–Kier alpha value is -2.67. The molecule has 0 atom stereocenters. The number of hydrogen-bond donors (Lipinski definition) is 1. The summed E-state index contributed by atoms with van der Waals surface area (Å²) < 4.78 is 0. The number of carbonyl (C=O) groups is 2. The van der Waals surface area contributed by atoms with Crippen LogP contribution >= 0.6 is 0 Å². The second-order valence-electron chi connectivity index (χ2n) is 8.03. The highest BCUT2D eigenvalue weighted by atomic mass is 16.2. The predicted molar refractivity (Wildman–Crippen MR) is 111 cm³/mol. The summed E-state index contributed by atoms with van der Waals surface area (Å²) in [5.74, 6) is -0.0198. The van der Waals surface area contributed by atoms with E-state index in [2.05, 4.69) is 22.0 Å². The smallest absolute Gasteiger partial charge is 0.274 e. The van der Waals surface area contributed by atoms with E-state index < -0.39 is 0 Å². The molecule has 0 saturated carbocycles. The minimum atomic E-state index is -0.0290. The van der Waals surface area contributed by atoms with Crippen LogP contribution in [0.3, 0.4) is 0 Å². The van der Waals surface area contributed by atoms with Crippen LogP contribution < -0.4 is 0 Å². The Balaban J connectivity index is 1.51. The van der Waals surface area contributed by atoms with Gasteiger partial charge in [-0.25, -0.2) is 0 Å². The van der Waals surface area contributed by atoms with Gasteiger partial charge in [-0.05, 0) is 43.7 Å². The average molecular weight is 396 g/mol. The topological polar surface area (TPSA) is 72.5 Å². The van der Waals surface area contributed by atoms with Gasteiger partial charge in [-0.1, -0.05) is 13.0 Å². The molecule has 1 fully saturated rings. The van der Waals surface area contributed by atoms with Crippen LogP contribution in [0, 0.1) is 13.8 Å². The Morgan fingerprint density at radius 3 is 2.45 bits per heavy atom. The maximum atomic E-state index is 13.1. The zero-order valence-corrected chi connectivity index (χ0v) is 17.5. The molecule has 2 aliphatic heterocycles. The maximum absolute atomic E-state index is 13.1. The van der Waals surface area contributed by atoms with Crippen molar-refractivity contribution in [2.75, 3.05) is 39.3 Å². The zero-order valence-electron chi connectivity index (χ0n) is 17.5. The third-order valence-electron chi connectivity index (χ3n) is 6.28. The van der Waals surface area contributed by atoms with E-state index in [0.29, 0.717) is 30.8 Å². The molecule has 1 aromatic heterocycles. The monoisotopic (exact) mass is 395 g/mol. The summed E-state index contributed by atoms with van der Waals surface area (Å²) in [6, 6.07) is 5.82. The first-order chi connectivity index (χ1) is 14.0. The van der Waals surface area contributed by atoms with E-state index in [0.717, 1.165) is 49.5 Å². The number of piperazine rings is 1. The molecule has 2 amide bonds. The number of aromatic amines is 1. The van der Waals surface area contributed by atoms with Crippen LogP contribution in [-0.2, 0) is 13.0 Å². The van der Waals surface area contributed by atoms with Crippen molar-refractivity contribution >= 4 is 11.8 Å². The van der Waals surface area contributed by atoms with Gasteiger partial charge in [0.15, 0.2) is 5.69 Å². The van der Waals surface area contributed by atoms with Gasteiger partial charge in [0, 0.05) is 56.0 Å². The van der Waals surface area contributed by atoms with E-state index in [4.69, 9.17) is 0 Å². The van der Waals surface area contributed by atoms with Crippen LogP contribution in [-0.4, -0.2) is 76.0 Å². The first kappa shape index (κ1) is 19.6. The van der Waals surface area contributed by atoms with E-state index in [1.165, 1.54) is 5.56 Å². The number of nitrogens with zero attached hydrogens (tertiary/aromatic N) is 4. The van der Waals surface area contributed by atoms with Gasteiger partial charge in [0.2, 0.25) is 0 Å². The summed E-state index contributed by atoms with van der Waals surface area (Å²) in [6.07, 6.45) is 0.690. The van der Waals surface area contributed by atoms with Crippen LogP contribution in [0.4, 0.5) is 0 Å². The summed E-state index contributed by atoms with van der Waals surface area (Å²) in [4.78, 5) is 32.2. The normalized spacial score (nSPS) is 17.3. The molecule has 0 bridgehead atoms. The molecule has 2 aromatic rings. The average Bonchev–Trinajstić information content (AvgIpc) is 3.18. The fraction of sp³-hybridized carbons (Fsp3) is 0.500. The fourth-order valence-electron chi connectivity index (χ4n) is 4.12. The van der Waals surface area contributed by atoms with Gasteiger partial charge in [-0.3, -0.25) is 14.7 Å². The molecule has 154 valence electrons. The molecule has 4 rings (SSSR count). The van der Waals surface area contributed by atoms with Gasteiger partial charge >= 0.3 is 0 Å². The van der Waals surface area contributed by atoms with Crippen molar-refractivity contribution in [1.29, 1.82) is 0 Å². The lowest BCUT2D eigenvalue weighted by Crippen LogP contribution is -2.48. The summed E-state index contributed by atoms with van der Waals surface area (Å²) in [6.45, 7) is 11.5. The summed E-state index contributed by atoms with van der Waals surface area (Å²) in [5, 5.41) is 7.37. The number of amides is 2. The molecule has 1 aromatic carbocycles. The molecule has 0 radical (unpaired) electrons. The number of fused-ring (bicyclic) bond motifs is 1. The number of carbonyl (C=O) groups excluding carboxylic acids is 2. The van der Waals surface area contributed by atoms with Gasteiger partial charge in [0.05, 0.1) is 6.54 Å². The van der Waals surface area contributed by atoms with Gasteiger partial charge in [0.1, 0.15) is 0 Å². The van der Waals surface area contributed by atoms with E-state index in [1.54, 1.807) is 0 Å². The lowest BCUT2D eigenvalue weighted by atomic mass is 10.0. The third kappa shape index (κ3) is 3.79. The lowest BCUT2D eigenvalue weighted by Gasteiger charge is -2.34. The Kier molecular flexibility index (Phi) is 5.41. The van der Waals surface area contributed by atoms with Crippen molar-refractivity contribution in [3.63, 3.8) is 0 Å². The first-order valence-corrected chi connectivity index (χ1v) is 10.4. The van der Waals surface area contributed by atoms with Crippen molar-refractivity contribution in [1.82, 2.24) is 24.9 Å². The first-order valence-electron chi connectivity index (χ1n) is 10.4. The molecule has 0 spiro atoms. The number of aryl methyl sites for hydroxylation is 2. The number of aromatic nitrogens is 2. The lowest BCUT2D eigenvalue weighted by molar-refractivity contribution is 0.0629. The minimum Gasteiger partial charge on any atom is -0.335 e. The number of rotatable bonds is 3. The molecule has 3 heterocycles. The second-order valence-corrected chi connectivity index (χ2v) is 8.03. The van der Waals surface area contributed by atoms with Crippen molar-refractivity contribution in [2.24, 2.45) is 0 Å². The highest BCUT2D eigenvalue weighted by Crippen LogP contribution is 2.24. The summed E-state index contributed by atoms with van der Waals surface area (Å²) in [7, 11) is 0. The molecule has 7 heteroatoms. The molecule has 2 aliphatic rings. The van der Waals surface area contributed by atoms with Crippen LogP contribution in [0.1, 0.15) is 50.2 Å². The molecule has 7 nitrogen and oxygen atoms in total. The minimum absolute atomic E-state index is 0.00918. The molecular formula is C22H29N5O2. The van der Waals surface area contributed by atoms with E-state index >= 15 is 0 Å². The molecule has 1 saturated heterocycles. The molecule has 1 N–H and O–H groups in total. The van der Waals surface area contributed by atoms with Gasteiger partial charge < -0.3 is 14.7 Å².